The fraction of sp³-hybridized carbons (Fsp3) is 0.269. The van der Waals surface area contributed by atoms with Crippen LogP contribution in [0, 0.1) is 15.9 Å². The average molecular weight is 495 g/mol. The maximum absolute atomic E-state index is 15.0. The Labute approximate surface area is 203 Å². The maximum atomic E-state index is 15.0. The Balaban J connectivity index is 2.19. The predicted molar refractivity (Wildman–Crippen MR) is 139 cm³/mol. The summed E-state index contributed by atoms with van der Waals surface area (Å²) in [6.45, 7) is 8.55. The molecule has 35 heavy (non-hydrogen) atoms. The summed E-state index contributed by atoms with van der Waals surface area (Å²) in [5, 5.41) is 16.9. The quantitative estimate of drug-likeness (QED) is 0.152. The summed E-state index contributed by atoms with van der Waals surface area (Å²) in [7, 11) is -3.25. The zero-order valence-electron chi connectivity index (χ0n) is 20.2. The Morgan fingerprint density at radius 3 is 2.40 bits per heavy atom. The van der Waals surface area contributed by atoms with E-state index in [2.05, 4.69) is 0 Å². The minimum absolute atomic E-state index is 0.0476. The van der Waals surface area contributed by atoms with E-state index in [1.807, 2.05) is 56.6 Å². The normalized spacial score (nSPS) is 13.4. The Hall–Kier alpha value is -3.51. The van der Waals surface area contributed by atoms with E-state index in [9.17, 15) is 14.5 Å². The number of benzene rings is 3. The third-order valence-corrected chi connectivity index (χ3v) is 9.47. The van der Waals surface area contributed by atoms with Crippen molar-refractivity contribution in [1.29, 1.82) is 0 Å². The molecule has 3 aromatic carbocycles. The molecule has 0 spiro atoms. The SMILES string of the molecule is CCCn1nc2ccccc2c1P(=Nc1ccccc1[N+](=O)[O-])(Oc1ccccc1F)C(C)(C)C. The minimum Gasteiger partial charge on any atom is -0.451 e. The van der Waals surface area contributed by atoms with E-state index >= 15 is 0 Å². The van der Waals surface area contributed by atoms with E-state index in [1.165, 1.54) is 12.1 Å². The van der Waals surface area contributed by atoms with Gasteiger partial charge in [0.2, 0.25) is 0 Å². The van der Waals surface area contributed by atoms with Crippen LogP contribution < -0.4 is 9.96 Å². The molecule has 0 saturated heterocycles. The van der Waals surface area contributed by atoms with Gasteiger partial charge in [-0.3, -0.25) is 14.8 Å². The molecule has 1 atom stereocenters. The van der Waals surface area contributed by atoms with Crippen molar-refractivity contribution in [2.45, 2.75) is 45.8 Å². The van der Waals surface area contributed by atoms with Gasteiger partial charge in [-0.2, -0.15) is 5.10 Å². The first-order valence-corrected chi connectivity index (χ1v) is 13.1. The number of fused-ring (bicyclic) bond motifs is 1. The van der Waals surface area contributed by atoms with Crippen molar-refractivity contribution in [2.75, 3.05) is 0 Å². The van der Waals surface area contributed by atoms with E-state index in [-0.39, 0.29) is 17.1 Å². The molecule has 1 aromatic heterocycles. The van der Waals surface area contributed by atoms with Gasteiger partial charge in [0.05, 0.1) is 10.4 Å². The van der Waals surface area contributed by atoms with Gasteiger partial charge >= 0.3 is 0 Å². The highest BCUT2D eigenvalue weighted by molar-refractivity contribution is 7.71. The summed E-state index contributed by atoms with van der Waals surface area (Å²) in [6, 6.07) is 20.2. The van der Waals surface area contributed by atoms with Gasteiger partial charge < -0.3 is 4.52 Å². The molecule has 9 heteroatoms. The summed E-state index contributed by atoms with van der Waals surface area (Å²) in [4.78, 5) is 11.4. The van der Waals surface area contributed by atoms with Crippen LogP contribution in [0.3, 0.4) is 0 Å². The molecule has 1 heterocycles. The van der Waals surface area contributed by atoms with Gasteiger partial charge in [-0.1, -0.05) is 70.2 Å². The van der Waals surface area contributed by atoms with Crippen molar-refractivity contribution in [2.24, 2.45) is 4.74 Å². The van der Waals surface area contributed by atoms with Gasteiger partial charge in [0.15, 0.2) is 18.8 Å². The molecule has 0 saturated carbocycles. The van der Waals surface area contributed by atoms with Crippen molar-refractivity contribution in [3.8, 4) is 5.75 Å². The number of halogens is 1. The minimum atomic E-state index is -3.25. The number of aryl methyl sites for hydroxylation is 1. The zero-order valence-corrected chi connectivity index (χ0v) is 21.1. The molecular formula is C26H28FN4O3P. The van der Waals surface area contributed by atoms with Crippen LogP contribution in [0.2, 0.25) is 0 Å². The summed E-state index contributed by atoms with van der Waals surface area (Å²) in [5.74, 6) is -0.476. The second-order valence-corrected chi connectivity index (χ2v) is 12.5. The number of aromatic nitrogens is 2. The first kappa shape index (κ1) is 24.6. The van der Waals surface area contributed by atoms with Crippen LogP contribution in [0.15, 0.2) is 77.5 Å². The molecule has 0 bridgehead atoms. The number of nitro groups is 1. The molecule has 7 nitrogen and oxygen atoms in total. The average Bonchev–Trinajstić information content (AvgIpc) is 3.18. The Kier molecular flexibility index (Phi) is 6.77. The van der Waals surface area contributed by atoms with Crippen LogP contribution >= 0.6 is 7.28 Å². The Bertz CT molecular complexity index is 1440. The van der Waals surface area contributed by atoms with Crippen LogP contribution in [0.1, 0.15) is 34.1 Å². The van der Waals surface area contributed by atoms with Crippen molar-refractivity contribution < 1.29 is 13.8 Å². The predicted octanol–water partition coefficient (Wildman–Crippen LogP) is 7.44. The smallest absolute Gasteiger partial charge is 0.294 e. The molecule has 0 aliphatic carbocycles. The van der Waals surface area contributed by atoms with E-state index < -0.39 is 23.2 Å². The zero-order chi connectivity index (χ0) is 25.2. The van der Waals surface area contributed by atoms with E-state index in [4.69, 9.17) is 14.4 Å². The Morgan fingerprint density at radius 2 is 1.71 bits per heavy atom. The van der Waals surface area contributed by atoms with Crippen molar-refractivity contribution in [3.05, 3.63) is 88.7 Å². The summed E-state index contributed by atoms with van der Waals surface area (Å²) >= 11 is 0. The van der Waals surface area contributed by atoms with Crippen LogP contribution in [-0.2, 0) is 6.54 Å². The number of rotatable bonds is 7. The number of nitro benzene ring substituents is 1. The highest BCUT2D eigenvalue weighted by Crippen LogP contribution is 2.63. The van der Waals surface area contributed by atoms with Crippen molar-refractivity contribution in [3.63, 3.8) is 0 Å². The van der Waals surface area contributed by atoms with Crippen LogP contribution in [0.25, 0.3) is 10.9 Å². The monoisotopic (exact) mass is 494 g/mol. The van der Waals surface area contributed by atoms with Gasteiger partial charge in [0, 0.05) is 23.2 Å². The molecular weight excluding hydrogens is 466 g/mol. The molecule has 0 N–H and O–H groups in total. The lowest BCUT2D eigenvalue weighted by atomic mass is 10.2. The number of nitrogens with zero attached hydrogens (tertiary/aromatic N) is 4. The van der Waals surface area contributed by atoms with Crippen LogP contribution in [0.5, 0.6) is 5.75 Å². The lowest BCUT2D eigenvalue weighted by Gasteiger charge is -2.37. The fourth-order valence-electron chi connectivity index (χ4n) is 3.99. The van der Waals surface area contributed by atoms with Gasteiger partial charge in [-0.15, -0.1) is 0 Å². The fourth-order valence-corrected chi connectivity index (χ4v) is 7.30. The molecule has 0 amide bonds. The first-order valence-electron chi connectivity index (χ1n) is 11.4. The molecule has 182 valence electrons. The van der Waals surface area contributed by atoms with Crippen LogP contribution in [0.4, 0.5) is 15.8 Å². The van der Waals surface area contributed by atoms with Gasteiger partial charge in [-0.25, -0.2) is 9.14 Å². The van der Waals surface area contributed by atoms with Gasteiger partial charge in [0.25, 0.3) is 5.69 Å². The van der Waals surface area contributed by atoms with E-state index in [0.29, 0.717) is 6.54 Å². The maximum Gasteiger partial charge on any atom is 0.294 e. The van der Waals surface area contributed by atoms with E-state index in [0.717, 1.165) is 22.8 Å². The second-order valence-electron chi connectivity index (χ2n) is 9.18. The summed E-state index contributed by atoms with van der Waals surface area (Å²) in [5.41, 5.74) is 1.54. The van der Waals surface area contributed by atoms with Crippen molar-refractivity contribution in [1.82, 2.24) is 9.78 Å². The second kappa shape index (κ2) is 9.62. The molecule has 0 radical (unpaired) electrons. The molecule has 0 fully saturated rings. The van der Waals surface area contributed by atoms with Crippen LogP contribution in [-0.4, -0.2) is 19.9 Å². The largest absolute Gasteiger partial charge is 0.451 e. The highest BCUT2D eigenvalue weighted by atomic mass is 31.2. The standard InChI is InChI=1S/C26H28FN4O3P/c1-5-18-30-25(19-12-6-8-14-21(19)28-30)35(26(2,3)4,34-24-17-11-7-13-20(24)27)29-22-15-9-10-16-23(22)31(32)33/h6-17H,5,18H2,1-4H3. The third-order valence-electron chi connectivity index (χ3n) is 5.64. The van der Waals surface area contributed by atoms with E-state index in [1.54, 1.807) is 36.4 Å². The summed E-state index contributed by atoms with van der Waals surface area (Å²) < 4.78 is 28.6. The lowest BCUT2D eigenvalue weighted by Crippen LogP contribution is -2.32. The molecule has 4 aromatic rings. The van der Waals surface area contributed by atoms with Gasteiger partial charge in [0.1, 0.15) is 11.1 Å². The molecule has 1 unspecified atom stereocenters. The first-order chi connectivity index (χ1) is 16.7. The van der Waals surface area contributed by atoms with Crippen molar-refractivity contribution >= 4 is 35.0 Å². The summed E-state index contributed by atoms with van der Waals surface area (Å²) in [6.07, 6.45) is 0.802. The number of hydrogen-bond donors (Lipinski definition) is 0. The topological polar surface area (TPSA) is 82.5 Å². The number of para-hydroxylation sites is 2. The third kappa shape index (κ3) is 4.58. The number of hydrogen-bond acceptors (Lipinski definition) is 5. The highest BCUT2D eigenvalue weighted by Gasteiger charge is 2.44. The Morgan fingerprint density at radius 1 is 1.06 bits per heavy atom. The molecule has 0 aliphatic rings. The molecule has 0 aliphatic heterocycles. The lowest BCUT2D eigenvalue weighted by molar-refractivity contribution is -0.384. The molecule has 4 rings (SSSR count). The van der Waals surface area contributed by atoms with Gasteiger partial charge in [-0.05, 0) is 30.7 Å².